The van der Waals surface area contributed by atoms with E-state index in [0.29, 0.717) is 22.7 Å². The van der Waals surface area contributed by atoms with Crippen LogP contribution in [-0.4, -0.2) is 27.5 Å². The van der Waals surface area contributed by atoms with Crippen molar-refractivity contribution in [1.29, 1.82) is 0 Å². The summed E-state index contributed by atoms with van der Waals surface area (Å²) in [6.07, 6.45) is 0. The van der Waals surface area contributed by atoms with Crippen LogP contribution < -0.4 is 16.1 Å². The molecule has 2 aromatic rings. The summed E-state index contributed by atoms with van der Waals surface area (Å²) in [5.41, 5.74) is 5.57. The summed E-state index contributed by atoms with van der Waals surface area (Å²) >= 11 is 1.11. The number of nitrogens with two attached hydrogens (primary N) is 1. The van der Waals surface area contributed by atoms with Gasteiger partial charge in [-0.2, -0.15) is 0 Å². The molecule has 7 heteroatoms. The summed E-state index contributed by atoms with van der Waals surface area (Å²) in [5, 5.41) is 0.292. The number of thioether (sulfide) groups is 1. The van der Waals surface area contributed by atoms with E-state index in [4.69, 9.17) is 10.6 Å². The molecule has 0 aliphatic heterocycles. The van der Waals surface area contributed by atoms with Crippen molar-refractivity contribution < 1.29 is 9.63 Å². The molecule has 0 bridgehead atoms. The van der Waals surface area contributed by atoms with Crippen LogP contribution in [-0.2, 0) is 4.79 Å². The highest BCUT2D eigenvalue weighted by Gasteiger charge is 2.18. The average Bonchev–Trinajstić information content (AvgIpc) is 2.46. The molecule has 1 heterocycles. The van der Waals surface area contributed by atoms with Gasteiger partial charge in [0.25, 0.3) is 5.56 Å². The third-order valence-electron chi connectivity index (χ3n) is 2.93. The summed E-state index contributed by atoms with van der Waals surface area (Å²) < 4.78 is 1.16. The van der Waals surface area contributed by atoms with Crippen molar-refractivity contribution in [3.8, 4) is 0 Å². The fourth-order valence-corrected chi connectivity index (χ4v) is 2.54. The highest BCUT2D eigenvalue weighted by atomic mass is 32.2. The molecule has 0 radical (unpaired) electrons. The van der Waals surface area contributed by atoms with Crippen molar-refractivity contribution in [2.75, 3.05) is 6.61 Å². The van der Waals surface area contributed by atoms with Crippen molar-refractivity contribution in [1.82, 2.24) is 9.71 Å². The van der Waals surface area contributed by atoms with E-state index in [-0.39, 0.29) is 11.5 Å². The molecule has 118 valence electrons. The number of nitrogens with zero attached hydrogens (tertiary/aromatic N) is 2. The van der Waals surface area contributed by atoms with E-state index in [1.807, 2.05) is 13.8 Å². The molecule has 1 amide bonds. The molecule has 1 aromatic heterocycles. The van der Waals surface area contributed by atoms with Crippen molar-refractivity contribution in [2.45, 2.75) is 31.2 Å². The molecule has 2 N–H and O–H groups in total. The van der Waals surface area contributed by atoms with Gasteiger partial charge in [-0.05, 0) is 25.0 Å². The lowest BCUT2D eigenvalue weighted by molar-refractivity contribution is -0.117. The molecular weight excluding hydrogens is 302 g/mol. The minimum Gasteiger partial charge on any atom is -0.408 e. The summed E-state index contributed by atoms with van der Waals surface area (Å²) in [7, 11) is 0. The van der Waals surface area contributed by atoms with Gasteiger partial charge in [-0.1, -0.05) is 37.7 Å². The van der Waals surface area contributed by atoms with E-state index in [0.717, 1.165) is 16.5 Å². The van der Waals surface area contributed by atoms with Crippen LogP contribution in [0.3, 0.4) is 0 Å². The van der Waals surface area contributed by atoms with E-state index in [1.165, 1.54) is 0 Å². The highest BCUT2D eigenvalue weighted by molar-refractivity contribution is 8.00. The minimum atomic E-state index is -0.512. The second-order valence-corrected chi connectivity index (χ2v) is 6.67. The number of carbonyl (C=O) groups excluding carboxylic acids is 1. The highest BCUT2D eigenvalue weighted by Crippen LogP contribution is 2.21. The Balaban J connectivity index is 2.52. The van der Waals surface area contributed by atoms with Gasteiger partial charge in [0.05, 0.1) is 16.2 Å². The molecule has 6 nitrogen and oxygen atoms in total. The fourth-order valence-electron chi connectivity index (χ4n) is 1.72. The second kappa shape index (κ2) is 6.83. The van der Waals surface area contributed by atoms with Gasteiger partial charge < -0.3 is 10.6 Å². The molecule has 0 aliphatic carbocycles. The molecule has 1 unspecified atom stereocenters. The number of benzene rings is 1. The summed E-state index contributed by atoms with van der Waals surface area (Å²) in [6, 6.07) is 7.03. The summed E-state index contributed by atoms with van der Waals surface area (Å²) in [5.74, 6) is -0.215. The molecule has 0 aliphatic rings. The molecule has 0 saturated heterocycles. The number of fused-ring (bicyclic) bond motifs is 1. The maximum atomic E-state index is 12.6. The van der Waals surface area contributed by atoms with Crippen LogP contribution in [0.5, 0.6) is 0 Å². The van der Waals surface area contributed by atoms with Crippen molar-refractivity contribution in [3.05, 3.63) is 34.6 Å². The lowest BCUT2D eigenvalue weighted by atomic mass is 10.2. The zero-order valence-corrected chi connectivity index (χ0v) is 13.6. The number of aromatic nitrogens is 2. The molecule has 0 fully saturated rings. The number of rotatable bonds is 6. The predicted molar refractivity (Wildman–Crippen MR) is 86.8 cm³/mol. The van der Waals surface area contributed by atoms with Gasteiger partial charge >= 0.3 is 0 Å². The number of hydrogen-bond acceptors (Lipinski definition) is 5. The second-order valence-electron chi connectivity index (χ2n) is 5.36. The van der Waals surface area contributed by atoms with Gasteiger partial charge in [-0.15, -0.1) is 4.73 Å². The van der Waals surface area contributed by atoms with Gasteiger partial charge in [0.2, 0.25) is 11.1 Å². The lowest BCUT2D eigenvalue weighted by Crippen LogP contribution is -2.32. The first-order valence-electron chi connectivity index (χ1n) is 7.01. The van der Waals surface area contributed by atoms with Gasteiger partial charge in [0.1, 0.15) is 6.61 Å². The number of carbonyl (C=O) groups is 1. The molecule has 0 spiro atoms. The van der Waals surface area contributed by atoms with E-state index in [2.05, 4.69) is 4.98 Å². The van der Waals surface area contributed by atoms with Crippen molar-refractivity contribution >= 4 is 28.6 Å². The smallest absolute Gasteiger partial charge is 0.295 e. The Morgan fingerprint density at radius 2 is 2.05 bits per heavy atom. The van der Waals surface area contributed by atoms with E-state index in [1.54, 1.807) is 31.2 Å². The largest absolute Gasteiger partial charge is 0.408 e. The van der Waals surface area contributed by atoms with Crippen LogP contribution >= 0.6 is 11.8 Å². The van der Waals surface area contributed by atoms with Gasteiger partial charge in [-0.25, -0.2) is 4.98 Å². The summed E-state index contributed by atoms with van der Waals surface area (Å²) in [4.78, 5) is 33.9. The molecule has 2 rings (SSSR count). The number of para-hydroxylation sites is 1. The maximum Gasteiger partial charge on any atom is 0.295 e. The minimum absolute atomic E-state index is 0.254. The van der Waals surface area contributed by atoms with Crippen LogP contribution in [0.15, 0.2) is 34.2 Å². The van der Waals surface area contributed by atoms with Crippen LogP contribution in [0, 0.1) is 5.92 Å². The Morgan fingerprint density at radius 1 is 1.36 bits per heavy atom. The van der Waals surface area contributed by atoms with Gasteiger partial charge in [0, 0.05) is 0 Å². The Labute approximate surface area is 132 Å². The first-order valence-corrected chi connectivity index (χ1v) is 7.89. The van der Waals surface area contributed by atoms with Crippen LogP contribution in [0.2, 0.25) is 0 Å². The van der Waals surface area contributed by atoms with Crippen molar-refractivity contribution in [3.63, 3.8) is 0 Å². The van der Waals surface area contributed by atoms with E-state index < -0.39 is 11.2 Å². The van der Waals surface area contributed by atoms with Gasteiger partial charge in [-0.3, -0.25) is 9.59 Å². The van der Waals surface area contributed by atoms with E-state index in [9.17, 15) is 9.59 Å². The SMILES string of the molecule is CC(C)COn1c(SC(C)C(N)=O)nc2ccccc2c1=O. The zero-order chi connectivity index (χ0) is 16.3. The topological polar surface area (TPSA) is 87.2 Å². The lowest BCUT2D eigenvalue weighted by Gasteiger charge is -2.16. The quantitative estimate of drug-likeness (QED) is 0.643. The molecule has 0 saturated carbocycles. The van der Waals surface area contributed by atoms with E-state index >= 15 is 0 Å². The molecule has 22 heavy (non-hydrogen) atoms. The Bertz CT molecular complexity index is 742. The fraction of sp³-hybridized carbons (Fsp3) is 0.400. The third kappa shape index (κ3) is 3.59. The van der Waals surface area contributed by atoms with Crippen LogP contribution in [0.4, 0.5) is 0 Å². The predicted octanol–water partition coefficient (Wildman–Crippen LogP) is 1.45. The first kappa shape index (κ1) is 16.4. The zero-order valence-electron chi connectivity index (χ0n) is 12.8. The standard InChI is InChI=1S/C15H19N3O3S/c1-9(2)8-21-18-14(20)11-6-4-5-7-12(11)17-15(18)22-10(3)13(16)19/h4-7,9-10H,8H2,1-3H3,(H2,16,19). The average molecular weight is 321 g/mol. The molecule has 1 atom stereocenters. The van der Waals surface area contributed by atoms with Gasteiger partial charge in [0.15, 0.2) is 0 Å². The number of primary amides is 1. The Hall–Kier alpha value is -2.02. The van der Waals surface area contributed by atoms with Crippen LogP contribution in [0.1, 0.15) is 20.8 Å². The summed E-state index contributed by atoms with van der Waals surface area (Å²) in [6.45, 7) is 6.01. The molecular formula is C15H19N3O3S. The Kier molecular flexibility index (Phi) is 5.07. The van der Waals surface area contributed by atoms with Crippen LogP contribution in [0.25, 0.3) is 10.9 Å². The first-order chi connectivity index (χ1) is 10.4. The molecule has 1 aromatic carbocycles. The monoisotopic (exact) mass is 321 g/mol. The number of hydrogen-bond donors (Lipinski definition) is 1. The van der Waals surface area contributed by atoms with Crippen molar-refractivity contribution in [2.24, 2.45) is 11.7 Å². The normalized spacial score (nSPS) is 12.5. The maximum absolute atomic E-state index is 12.6. The number of amides is 1. The Morgan fingerprint density at radius 3 is 2.68 bits per heavy atom. The third-order valence-corrected chi connectivity index (χ3v) is 3.98.